The van der Waals surface area contributed by atoms with Gasteiger partial charge in [-0.25, -0.2) is 4.57 Å². The zero-order chi connectivity index (χ0) is 17.2. The lowest BCUT2D eigenvalue weighted by Crippen LogP contribution is -2.12. The molecule has 1 atom stereocenters. The Kier molecular flexibility index (Phi) is 16.7. The van der Waals surface area contributed by atoms with Gasteiger partial charge in [-0.15, -0.1) is 0 Å². The fourth-order valence-electron chi connectivity index (χ4n) is 1.29. The minimum Gasteiger partial charge on any atom is -0.382 e. The van der Waals surface area contributed by atoms with E-state index in [0.29, 0.717) is 46.2 Å². The van der Waals surface area contributed by atoms with Gasteiger partial charge < -0.3 is 28.6 Å². The molecule has 0 saturated heterocycles. The first-order valence-corrected chi connectivity index (χ1v) is 9.03. The zero-order valence-electron chi connectivity index (χ0n) is 13.9. The van der Waals surface area contributed by atoms with E-state index >= 15 is 0 Å². The van der Waals surface area contributed by atoms with E-state index in [1.54, 1.807) is 7.11 Å². The number of phosphoric ester groups is 1. The van der Waals surface area contributed by atoms with Crippen LogP contribution in [0.4, 0.5) is 0 Å². The molecule has 0 amide bonds. The summed E-state index contributed by atoms with van der Waals surface area (Å²) in [5.74, 6) is 0. The monoisotopic (exact) mass is 360 g/mol. The molecule has 0 aliphatic heterocycles. The van der Waals surface area contributed by atoms with Crippen LogP contribution in [0.25, 0.3) is 0 Å². The van der Waals surface area contributed by atoms with Gasteiger partial charge in [0.25, 0.3) is 0 Å². The summed E-state index contributed by atoms with van der Waals surface area (Å²) in [6.45, 7) is 5.53. The van der Waals surface area contributed by atoms with Crippen LogP contribution in [0.3, 0.4) is 0 Å². The van der Waals surface area contributed by atoms with Crippen LogP contribution in [0.1, 0.15) is 6.92 Å². The van der Waals surface area contributed by atoms with Crippen LogP contribution in [-0.4, -0.2) is 84.7 Å². The summed E-state index contributed by atoms with van der Waals surface area (Å²) in [6, 6.07) is 0. The molecule has 0 fully saturated rings. The second kappa shape index (κ2) is 16.8. The molecule has 0 radical (unpaired) electrons. The molecule has 0 aliphatic carbocycles. The summed E-state index contributed by atoms with van der Waals surface area (Å²) >= 11 is 0. The molecule has 0 heterocycles. The van der Waals surface area contributed by atoms with Crippen LogP contribution in [0.5, 0.6) is 0 Å². The molecule has 0 rings (SSSR count). The summed E-state index contributed by atoms with van der Waals surface area (Å²) < 4.78 is 46.4. The summed E-state index contributed by atoms with van der Waals surface area (Å²) in [6.07, 6.45) is 0. The number of methoxy groups -OCH3 is 1. The molecule has 0 aliphatic rings. The molecular formula is C13H29O9P. The van der Waals surface area contributed by atoms with Crippen molar-refractivity contribution in [2.45, 2.75) is 6.92 Å². The maximum atomic E-state index is 11.5. The molecule has 9 nitrogen and oxygen atoms in total. The largest absolute Gasteiger partial charge is 0.472 e. The highest BCUT2D eigenvalue weighted by atomic mass is 31.2. The lowest BCUT2D eigenvalue weighted by molar-refractivity contribution is 0.0114. The van der Waals surface area contributed by atoms with Crippen molar-refractivity contribution in [3.63, 3.8) is 0 Å². The average molecular weight is 360 g/mol. The third kappa shape index (κ3) is 18.1. The number of hydrogen-bond donors (Lipinski definition) is 1. The summed E-state index contributed by atoms with van der Waals surface area (Å²) in [4.78, 5) is 9.39. The minimum absolute atomic E-state index is 0.0336. The van der Waals surface area contributed by atoms with Crippen molar-refractivity contribution in [1.82, 2.24) is 0 Å². The van der Waals surface area contributed by atoms with Crippen LogP contribution in [0, 0.1) is 0 Å². The van der Waals surface area contributed by atoms with E-state index in [1.165, 1.54) is 0 Å². The van der Waals surface area contributed by atoms with E-state index in [-0.39, 0.29) is 26.4 Å². The molecule has 0 aromatic heterocycles. The Labute approximate surface area is 137 Å². The third-order valence-corrected chi connectivity index (χ3v) is 3.36. The average Bonchev–Trinajstić information content (AvgIpc) is 2.52. The number of ether oxygens (including phenoxy) is 5. The first-order valence-electron chi connectivity index (χ1n) is 7.54. The Hall–Kier alpha value is -0.0900. The quantitative estimate of drug-likeness (QED) is 0.281. The predicted octanol–water partition coefficient (Wildman–Crippen LogP) is 0.853. The first kappa shape index (κ1) is 22.9. The van der Waals surface area contributed by atoms with Crippen LogP contribution in [-0.2, 0) is 37.3 Å². The summed E-state index contributed by atoms with van der Waals surface area (Å²) in [7, 11) is -2.47. The highest BCUT2D eigenvalue weighted by Gasteiger charge is 2.20. The van der Waals surface area contributed by atoms with E-state index in [1.807, 2.05) is 6.92 Å². The molecule has 0 aromatic carbocycles. The minimum atomic E-state index is -4.06. The molecule has 1 unspecified atom stereocenters. The number of rotatable bonds is 18. The van der Waals surface area contributed by atoms with Crippen molar-refractivity contribution in [3.8, 4) is 0 Å². The molecule has 0 spiro atoms. The van der Waals surface area contributed by atoms with Crippen molar-refractivity contribution >= 4 is 7.82 Å². The van der Waals surface area contributed by atoms with Gasteiger partial charge in [0.15, 0.2) is 0 Å². The molecule has 10 heteroatoms. The first-order chi connectivity index (χ1) is 11.1. The van der Waals surface area contributed by atoms with E-state index in [4.69, 9.17) is 32.7 Å². The van der Waals surface area contributed by atoms with E-state index in [9.17, 15) is 9.46 Å². The van der Waals surface area contributed by atoms with Gasteiger partial charge in [-0.3, -0.25) is 9.05 Å². The van der Waals surface area contributed by atoms with Crippen LogP contribution >= 0.6 is 7.82 Å². The molecule has 0 saturated carbocycles. The third-order valence-electron chi connectivity index (χ3n) is 2.34. The van der Waals surface area contributed by atoms with Crippen molar-refractivity contribution in [2.24, 2.45) is 0 Å². The fraction of sp³-hybridized carbons (Fsp3) is 1.00. The zero-order valence-corrected chi connectivity index (χ0v) is 14.8. The smallest absolute Gasteiger partial charge is 0.382 e. The van der Waals surface area contributed by atoms with E-state index in [2.05, 4.69) is 0 Å². The molecule has 1 N–H and O–H groups in total. The highest BCUT2D eigenvalue weighted by molar-refractivity contribution is 7.47. The Morgan fingerprint density at radius 1 is 0.696 bits per heavy atom. The van der Waals surface area contributed by atoms with Crippen LogP contribution < -0.4 is 0 Å². The Bertz CT molecular complexity index is 291. The topological polar surface area (TPSA) is 102 Å². The summed E-state index contributed by atoms with van der Waals surface area (Å²) in [5.41, 5.74) is 0. The lowest BCUT2D eigenvalue weighted by Gasteiger charge is -2.12. The summed E-state index contributed by atoms with van der Waals surface area (Å²) in [5, 5.41) is 0. The van der Waals surface area contributed by atoms with Crippen LogP contribution in [0.15, 0.2) is 0 Å². The number of phosphoric acid groups is 1. The molecule has 0 aromatic rings. The van der Waals surface area contributed by atoms with Gasteiger partial charge in [0.05, 0.1) is 66.1 Å². The van der Waals surface area contributed by atoms with Gasteiger partial charge in [-0.1, -0.05) is 0 Å². The van der Waals surface area contributed by atoms with Gasteiger partial charge in [0.1, 0.15) is 0 Å². The van der Waals surface area contributed by atoms with E-state index < -0.39 is 7.82 Å². The lowest BCUT2D eigenvalue weighted by atomic mass is 10.7. The Balaban J connectivity index is 3.35. The van der Waals surface area contributed by atoms with Gasteiger partial charge in [0.2, 0.25) is 0 Å². The van der Waals surface area contributed by atoms with Crippen molar-refractivity contribution in [3.05, 3.63) is 0 Å². The van der Waals surface area contributed by atoms with Crippen LogP contribution in [0.2, 0.25) is 0 Å². The van der Waals surface area contributed by atoms with Gasteiger partial charge >= 0.3 is 7.82 Å². The molecule has 140 valence electrons. The molecular weight excluding hydrogens is 331 g/mol. The van der Waals surface area contributed by atoms with Crippen molar-refractivity contribution in [1.29, 1.82) is 0 Å². The number of hydrogen-bond acceptors (Lipinski definition) is 8. The second-order valence-electron chi connectivity index (χ2n) is 4.16. The molecule has 23 heavy (non-hydrogen) atoms. The second-order valence-corrected chi connectivity index (χ2v) is 5.62. The highest BCUT2D eigenvalue weighted by Crippen LogP contribution is 2.42. The van der Waals surface area contributed by atoms with E-state index in [0.717, 1.165) is 0 Å². The fourth-order valence-corrected chi connectivity index (χ4v) is 1.97. The normalized spacial score (nSPS) is 14.0. The predicted molar refractivity (Wildman–Crippen MR) is 82.6 cm³/mol. The van der Waals surface area contributed by atoms with Gasteiger partial charge in [-0.2, -0.15) is 0 Å². The molecule has 0 bridgehead atoms. The maximum absolute atomic E-state index is 11.5. The van der Waals surface area contributed by atoms with Crippen molar-refractivity contribution in [2.75, 3.05) is 79.8 Å². The standard InChI is InChI=1S/C13H29O9P/c1-3-17-6-7-19-10-12-21-23(14,15)22-13-11-20-9-8-18-5-4-16-2/h3-13H2,1-2H3,(H,14,15). The Morgan fingerprint density at radius 2 is 1.09 bits per heavy atom. The SMILES string of the molecule is CCOCCOCCOP(=O)(O)OCCOCCOCCOC. The van der Waals surface area contributed by atoms with Crippen molar-refractivity contribution < 1.29 is 42.2 Å². The maximum Gasteiger partial charge on any atom is 0.472 e. The Morgan fingerprint density at radius 3 is 1.52 bits per heavy atom. The van der Waals surface area contributed by atoms with Gasteiger partial charge in [0, 0.05) is 13.7 Å². The van der Waals surface area contributed by atoms with Gasteiger partial charge in [-0.05, 0) is 6.92 Å².